The van der Waals surface area contributed by atoms with Crippen molar-refractivity contribution in [1.82, 2.24) is 4.98 Å². The molecule has 0 unspecified atom stereocenters. The standard InChI is InChI=1S/C16H14BrNO2/c17-13-2-1-8-18-16(13)14(19)5-3-11-4-6-15-12(10-11)7-9-20-15/h1-2,4,6,8,10H,3,5,7,9H2. The van der Waals surface area contributed by atoms with Crippen LogP contribution in [0.15, 0.2) is 41.0 Å². The number of aromatic nitrogens is 1. The van der Waals surface area contributed by atoms with Crippen LogP contribution in [0.3, 0.4) is 0 Å². The molecule has 0 fully saturated rings. The number of ketones is 1. The van der Waals surface area contributed by atoms with Gasteiger partial charge in [-0.15, -0.1) is 0 Å². The van der Waals surface area contributed by atoms with E-state index in [1.165, 1.54) is 11.1 Å². The molecule has 2 heterocycles. The zero-order valence-corrected chi connectivity index (χ0v) is 12.5. The third-order valence-corrected chi connectivity index (χ3v) is 4.06. The van der Waals surface area contributed by atoms with E-state index in [2.05, 4.69) is 27.0 Å². The minimum Gasteiger partial charge on any atom is -0.493 e. The Labute approximate surface area is 126 Å². The average Bonchev–Trinajstić information content (AvgIpc) is 2.92. The Kier molecular flexibility index (Phi) is 3.83. The quantitative estimate of drug-likeness (QED) is 0.803. The number of benzene rings is 1. The first kappa shape index (κ1) is 13.3. The normalized spacial score (nSPS) is 12.8. The molecule has 0 atom stereocenters. The van der Waals surface area contributed by atoms with E-state index in [1.807, 2.05) is 18.2 Å². The largest absolute Gasteiger partial charge is 0.493 e. The number of ether oxygens (including phenoxy) is 1. The van der Waals surface area contributed by atoms with E-state index in [9.17, 15) is 4.79 Å². The van der Waals surface area contributed by atoms with Gasteiger partial charge in [-0.1, -0.05) is 12.1 Å². The van der Waals surface area contributed by atoms with Gasteiger partial charge in [0.1, 0.15) is 11.4 Å². The van der Waals surface area contributed by atoms with Crippen molar-refractivity contribution in [2.24, 2.45) is 0 Å². The zero-order chi connectivity index (χ0) is 13.9. The van der Waals surface area contributed by atoms with Gasteiger partial charge in [0, 0.05) is 23.5 Å². The summed E-state index contributed by atoms with van der Waals surface area (Å²) < 4.78 is 6.24. The van der Waals surface area contributed by atoms with Gasteiger partial charge in [0.25, 0.3) is 0 Å². The predicted molar refractivity (Wildman–Crippen MR) is 80.2 cm³/mol. The van der Waals surface area contributed by atoms with Crippen molar-refractivity contribution in [3.05, 3.63) is 57.8 Å². The van der Waals surface area contributed by atoms with E-state index >= 15 is 0 Å². The highest BCUT2D eigenvalue weighted by Gasteiger charge is 2.14. The maximum atomic E-state index is 12.2. The third kappa shape index (κ3) is 2.75. The summed E-state index contributed by atoms with van der Waals surface area (Å²) >= 11 is 3.36. The Morgan fingerprint density at radius 3 is 3.10 bits per heavy atom. The summed E-state index contributed by atoms with van der Waals surface area (Å²) in [6, 6.07) is 9.82. The first-order valence-electron chi connectivity index (χ1n) is 6.62. The minimum absolute atomic E-state index is 0.0641. The molecule has 0 spiro atoms. The fraction of sp³-hybridized carbons (Fsp3) is 0.250. The molecule has 1 aromatic carbocycles. The molecular formula is C16H14BrNO2. The fourth-order valence-corrected chi connectivity index (χ4v) is 2.84. The van der Waals surface area contributed by atoms with Gasteiger partial charge in [-0.05, 0) is 51.7 Å². The number of pyridine rings is 1. The van der Waals surface area contributed by atoms with Gasteiger partial charge in [-0.2, -0.15) is 0 Å². The number of nitrogens with zero attached hydrogens (tertiary/aromatic N) is 1. The molecular weight excluding hydrogens is 318 g/mol. The molecule has 1 aliphatic rings. The maximum absolute atomic E-state index is 12.2. The molecule has 102 valence electrons. The molecule has 0 amide bonds. The van der Waals surface area contributed by atoms with E-state index in [0.29, 0.717) is 12.1 Å². The Morgan fingerprint density at radius 2 is 2.25 bits per heavy atom. The van der Waals surface area contributed by atoms with Crippen LogP contribution in [0.4, 0.5) is 0 Å². The number of hydrogen-bond donors (Lipinski definition) is 0. The molecule has 0 radical (unpaired) electrons. The summed E-state index contributed by atoms with van der Waals surface area (Å²) in [5.74, 6) is 1.04. The highest BCUT2D eigenvalue weighted by molar-refractivity contribution is 9.10. The maximum Gasteiger partial charge on any atom is 0.182 e. The number of rotatable bonds is 4. The van der Waals surface area contributed by atoms with Crippen LogP contribution in [-0.2, 0) is 12.8 Å². The highest BCUT2D eigenvalue weighted by Crippen LogP contribution is 2.26. The number of Topliss-reactive ketones (excluding diaryl/α,β-unsaturated/α-hetero) is 1. The second kappa shape index (κ2) is 5.75. The summed E-state index contributed by atoms with van der Waals surface area (Å²) in [5.41, 5.74) is 2.93. The topological polar surface area (TPSA) is 39.2 Å². The monoisotopic (exact) mass is 331 g/mol. The van der Waals surface area contributed by atoms with E-state index in [1.54, 1.807) is 12.3 Å². The van der Waals surface area contributed by atoms with Crippen LogP contribution in [0.2, 0.25) is 0 Å². The van der Waals surface area contributed by atoms with Gasteiger partial charge in [0.05, 0.1) is 6.61 Å². The zero-order valence-electron chi connectivity index (χ0n) is 10.9. The van der Waals surface area contributed by atoms with E-state index in [0.717, 1.165) is 29.7 Å². The molecule has 4 heteroatoms. The van der Waals surface area contributed by atoms with E-state index in [-0.39, 0.29) is 5.78 Å². The van der Waals surface area contributed by atoms with Crippen LogP contribution in [0.1, 0.15) is 28.0 Å². The van der Waals surface area contributed by atoms with Crippen molar-refractivity contribution in [1.29, 1.82) is 0 Å². The summed E-state index contributed by atoms with van der Waals surface area (Å²) in [6.45, 7) is 0.762. The molecule has 3 nitrogen and oxygen atoms in total. The molecule has 2 aromatic rings. The summed E-state index contributed by atoms with van der Waals surface area (Å²) in [5, 5.41) is 0. The molecule has 0 saturated carbocycles. The van der Waals surface area contributed by atoms with Crippen LogP contribution in [0, 0.1) is 0 Å². The van der Waals surface area contributed by atoms with Crippen molar-refractivity contribution < 1.29 is 9.53 Å². The number of aryl methyl sites for hydroxylation is 1. The molecule has 20 heavy (non-hydrogen) atoms. The lowest BCUT2D eigenvalue weighted by Gasteiger charge is -2.05. The number of fused-ring (bicyclic) bond motifs is 1. The van der Waals surface area contributed by atoms with Gasteiger partial charge in [0.2, 0.25) is 0 Å². The third-order valence-electron chi connectivity index (χ3n) is 3.42. The van der Waals surface area contributed by atoms with Crippen molar-refractivity contribution in [3.8, 4) is 5.75 Å². The second-order valence-corrected chi connectivity index (χ2v) is 5.65. The van der Waals surface area contributed by atoms with E-state index in [4.69, 9.17) is 4.74 Å². The van der Waals surface area contributed by atoms with Gasteiger partial charge < -0.3 is 4.74 Å². The molecule has 0 bridgehead atoms. The molecule has 3 rings (SSSR count). The number of carbonyl (C=O) groups excluding carboxylic acids is 1. The Balaban J connectivity index is 1.68. The Bertz CT molecular complexity index is 655. The van der Waals surface area contributed by atoms with Gasteiger partial charge >= 0.3 is 0 Å². The van der Waals surface area contributed by atoms with Gasteiger partial charge in [-0.25, -0.2) is 0 Å². The van der Waals surface area contributed by atoms with Crippen LogP contribution in [0.25, 0.3) is 0 Å². The van der Waals surface area contributed by atoms with Crippen LogP contribution in [-0.4, -0.2) is 17.4 Å². The highest BCUT2D eigenvalue weighted by atomic mass is 79.9. The van der Waals surface area contributed by atoms with Crippen molar-refractivity contribution >= 4 is 21.7 Å². The van der Waals surface area contributed by atoms with Gasteiger partial charge in [-0.3, -0.25) is 9.78 Å². The summed E-state index contributed by atoms with van der Waals surface area (Å²) in [7, 11) is 0. The lowest BCUT2D eigenvalue weighted by atomic mass is 10.0. The summed E-state index contributed by atoms with van der Waals surface area (Å²) in [6.07, 6.45) is 3.80. The molecule has 0 aliphatic carbocycles. The number of carbonyl (C=O) groups is 1. The fourth-order valence-electron chi connectivity index (χ4n) is 2.36. The van der Waals surface area contributed by atoms with Crippen LogP contribution in [0.5, 0.6) is 5.75 Å². The first-order valence-corrected chi connectivity index (χ1v) is 7.41. The van der Waals surface area contributed by atoms with Crippen LogP contribution >= 0.6 is 15.9 Å². The second-order valence-electron chi connectivity index (χ2n) is 4.80. The number of hydrogen-bond acceptors (Lipinski definition) is 3. The molecule has 0 N–H and O–H groups in total. The van der Waals surface area contributed by atoms with Crippen molar-refractivity contribution in [2.45, 2.75) is 19.3 Å². The van der Waals surface area contributed by atoms with Crippen molar-refractivity contribution in [2.75, 3.05) is 6.61 Å². The SMILES string of the molecule is O=C(CCc1ccc2c(c1)CCO2)c1ncccc1Br. The van der Waals surface area contributed by atoms with Gasteiger partial charge in [0.15, 0.2) is 5.78 Å². The van der Waals surface area contributed by atoms with Crippen LogP contribution < -0.4 is 4.74 Å². The van der Waals surface area contributed by atoms with Crippen molar-refractivity contribution in [3.63, 3.8) is 0 Å². The smallest absolute Gasteiger partial charge is 0.182 e. The predicted octanol–water partition coefficient (Wildman–Crippen LogP) is 3.59. The Hall–Kier alpha value is -1.68. The molecule has 0 saturated heterocycles. The lowest BCUT2D eigenvalue weighted by Crippen LogP contribution is -2.04. The first-order chi connectivity index (χ1) is 9.74. The summed E-state index contributed by atoms with van der Waals surface area (Å²) in [4.78, 5) is 16.3. The number of halogens is 1. The molecule has 1 aromatic heterocycles. The Morgan fingerprint density at radius 1 is 1.35 bits per heavy atom. The average molecular weight is 332 g/mol. The minimum atomic E-state index is 0.0641. The molecule has 1 aliphatic heterocycles. The lowest BCUT2D eigenvalue weighted by molar-refractivity contribution is 0.0977. The van der Waals surface area contributed by atoms with E-state index < -0.39 is 0 Å².